The number of aliphatic hydroxyl groups excluding tert-OH is 1. The molecule has 0 fully saturated rings. The van der Waals surface area contributed by atoms with Gasteiger partial charge < -0.3 is 19.1 Å². The van der Waals surface area contributed by atoms with Gasteiger partial charge in [-0.3, -0.25) is 0 Å². The maximum absolute atomic E-state index is 11.1. The van der Waals surface area contributed by atoms with Gasteiger partial charge in [-0.05, 0) is 11.6 Å². The van der Waals surface area contributed by atoms with E-state index in [1.807, 2.05) is 0 Å². The first kappa shape index (κ1) is 12.2. The average molecular weight is 229 g/mol. The minimum atomic E-state index is -1.22. The molecule has 1 heterocycles. The summed E-state index contributed by atoms with van der Waals surface area (Å²) in [5.74, 6) is -1.97. The smallest absolute Gasteiger partial charge is 0.377 e. The molecule has 0 aliphatic rings. The molecule has 0 aliphatic carbocycles. The highest BCUT2D eigenvalue weighted by Gasteiger charge is 2.19. The van der Waals surface area contributed by atoms with E-state index in [9.17, 15) is 9.59 Å². The molecule has 88 valence electrons. The van der Waals surface area contributed by atoms with Crippen LogP contribution in [0.3, 0.4) is 0 Å². The second-order valence-electron chi connectivity index (χ2n) is 2.87. The normalized spacial score (nSPS) is 11.9. The van der Waals surface area contributed by atoms with Gasteiger partial charge in [0.05, 0.1) is 13.2 Å². The Morgan fingerprint density at radius 3 is 2.88 bits per heavy atom. The van der Waals surface area contributed by atoms with Gasteiger partial charge in [-0.15, -0.1) is 0 Å². The van der Waals surface area contributed by atoms with E-state index in [0.717, 1.165) is 6.07 Å². The summed E-state index contributed by atoms with van der Waals surface area (Å²) in [6, 6.07) is 1.10. The lowest BCUT2D eigenvalue weighted by Gasteiger charge is -2.04. The Bertz CT molecular complexity index is 385. The van der Waals surface area contributed by atoms with Crippen molar-refractivity contribution in [2.75, 3.05) is 7.11 Å². The lowest BCUT2D eigenvalue weighted by atomic mass is 10.3. The fraction of sp³-hybridized carbons (Fsp3) is 0.444. The molecule has 1 atom stereocenters. The van der Waals surface area contributed by atoms with Crippen molar-refractivity contribution >= 4 is 11.9 Å². The van der Waals surface area contributed by atoms with Crippen molar-refractivity contribution in [1.82, 2.24) is 5.16 Å². The summed E-state index contributed by atoms with van der Waals surface area (Å²) in [5.41, 5.74) is 0. The van der Waals surface area contributed by atoms with Crippen molar-refractivity contribution in [3.63, 3.8) is 0 Å². The van der Waals surface area contributed by atoms with Crippen molar-refractivity contribution < 1.29 is 28.7 Å². The molecule has 0 aliphatic heterocycles. The fourth-order valence-corrected chi connectivity index (χ4v) is 0.842. The Morgan fingerprint density at radius 2 is 2.31 bits per heavy atom. The van der Waals surface area contributed by atoms with Gasteiger partial charge in [-0.2, -0.15) is 0 Å². The van der Waals surface area contributed by atoms with Gasteiger partial charge in [-0.1, -0.05) is 6.92 Å². The Hall–Kier alpha value is -1.89. The zero-order valence-corrected chi connectivity index (χ0v) is 8.80. The van der Waals surface area contributed by atoms with Crippen LogP contribution in [0.25, 0.3) is 0 Å². The topological polar surface area (TPSA) is 98.9 Å². The van der Waals surface area contributed by atoms with E-state index in [0.29, 0.717) is 0 Å². The van der Waals surface area contributed by atoms with Crippen LogP contribution in [0, 0.1) is 0 Å². The highest BCUT2D eigenvalue weighted by atomic mass is 16.6. The molecule has 1 aromatic heterocycles. The summed E-state index contributed by atoms with van der Waals surface area (Å²) in [7, 11) is 1.18. The molecule has 0 saturated carbocycles. The lowest BCUT2D eigenvalue weighted by Crippen LogP contribution is -2.24. The summed E-state index contributed by atoms with van der Waals surface area (Å²) in [5, 5.41) is 12.4. The number of hydrogen-bond acceptors (Lipinski definition) is 7. The van der Waals surface area contributed by atoms with Gasteiger partial charge >= 0.3 is 11.9 Å². The molecule has 1 unspecified atom stereocenters. The van der Waals surface area contributed by atoms with Crippen LogP contribution < -0.4 is 4.74 Å². The molecule has 0 radical (unpaired) electrons. The minimum Gasteiger partial charge on any atom is -0.463 e. The number of carbonyl (C=O) groups is 2. The molecule has 1 N–H and O–H groups in total. The van der Waals surface area contributed by atoms with Crippen molar-refractivity contribution in [1.29, 1.82) is 0 Å². The van der Waals surface area contributed by atoms with E-state index in [1.54, 1.807) is 6.92 Å². The van der Waals surface area contributed by atoms with Crippen LogP contribution in [0.5, 0.6) is 5.88 Å². The van der Waals surface area contributed by atoms with Crippen molar-refractivity contribution in [3.8, 4) is 5.88 Å². The summed E-state index contributed by atoms with van der Waals surface area (Å²) in [4.78, 5) is 22.1. The zero-order chi connectivity index (χ0) is 12.1. The number of aromatic nitrogens is 1. The Kier molecular flexibility index (Phi) is 4.01. The number of rotatable bonds is 4. The van der Waals surface area contributed by atoms with Crippen LogP contribution in [-0.4, -0.2) is 35.4 Å². The zero-order valence-electron chi connectivity index (χ0n) is 8.80. The number of esters is 2. The quantitative estimate of drug-likeness (QED) is 0.733. The molecule has 1 aromatic rings. The molecule has 0 aromatic carbocycles. The van der Waals surface area contributed by atoms with E-state index in [-0.39, 0.29) is 18.1 Å². The van der Waals surface area contributed by atoms with E-state index < -0.39 is 18.0 Å². The van der Waals surface area contributed by atoms with Crippen LogP contribution in [0.2, 0.25) is 0 Å². The number of ether oxygens (including phenoxy) is 2. The third kappa shape index (κ3) is 2.80. The second-order valence-corrected chi connectivity index (χ2v) is 2.87. The molecule has 0 bridgehead atoms. The van der Waals surface area contributed by atoms with Crippen molar-refractivity contribution in [2.45, 2.75) is 19.4 Å². The van der Waals surface area contributed by atoms with Gasteiger partial charge in [0.25, 0.3) is 5.88 Å². The first-order chi connectivity index (χ1) is 7.58. The van der Waals surface area contributed by atoms with E-state index in [1.165, 1.54) is 7.11 Å². The minimum absolute atomic E-state index is 0.184. The van der Waals surface area contributed by atoms with Gasteiger partial charge in [0.15, 0.2) is 6.10 Å². The van der Waals surface area contributed by atoms with E-state index in [4.69, 9.17) is 5.11 Å². The monoisotopic (exact) mass is 229 g/mol. The van der Waals surface area contributed by atoms with Crippen LogP contribution in [0.1, 0.15) is 23.9 Å². The molecule has 0 saturated heterocycles. The molecule has 0 amide bonds. The third-order valence-electron chi connectivity index (χ3n) is 1.74. The van der Waals surface area contributed by atoms with Crippen LogP contribution in [0.15, 0.2) is 10.6 Å². The number of aliphatic hydroxyl groups is 1. The predicted molar refractivity (Wildman–Crippen MR) is 49.8 cm³/mol. The summed E-state index contributed by atoms with van der Waals surface area (Å²) in [6.07, 6.45) is -1.00. The van der Waals surface area contributed by atoms with Crippen molar-refractivity contribution in [2.24, 2.45) is 0 Å². The molecular formula is C9H11NO6. The maximum Gasteiger partial charge on any atom is 0.377 e. The molecule has 1 rings (SSSR count). The first-order valence-electron chi connectivity index (χ1n) is 4.53. The number of carbonyl (C=O) groups excluding carboxylic acids is 2. The van der Waals surface area contributed by atoms with E-state index in [2.05, 4.69) is 19.2 Å². The predicted octanol–water partition coefficient (Wildman–Crippen LogP) is 0.138. The Morgan fingerprint density at radius 1 is 1.62 bits per heavy atom. The summed E-state index contributed by atoms with van der Waals surface area (Å²) >= 11 is 0. The fourth-order valence-electron chi connectivity index (χ4n) is 0.842. The molecule has 7 heteroatoms. The molecular weight excluding hydrogens is 218 g/mol. The van der Waals surface area contributed by atoms with Gasteiger partial charge in [0.1, 0.15) is 0 Å². The Labute approximate surface area is 90.9 Å². The highest BCUT2D eigenvalue weighted by Crippen LogP contribution is 2.13. The Balaban J connectivity index is 2.65. The largest absolute Gasteiger partial charge is 0.463 e. The van der Waals surface area contributed by atoms with Gasteiger partial charge in [0, 0.05) is 0 Å². The molecule has 0 spiro atoms. The maximum atomic E-state index is 11.1. The first-order valence-corrected chi connectivity index (χ1v) is 4.53. The van der Waals surface area contributed by atoms with E-state index >= 15 is 0 Å². The van der Waals surface area contributed by atoms with Gasteiger partial charge in [0.2, 0.25) is 5.76 Å². The van der Waals surface area contributed by atoms with Gasteiger partial charge in [-0.25, -0.2) is 9.59 Å². The standard InChI is InChI=1S/C9H11NO6/c1-3-5(11)8(12)15-7-4-6(16-10-7)9(13)14-2/h4-5,11H,3H2,1-2H3. The summed E-state index contributed by atoms with van der Waals surface area (Å²) in [6.45, 7) is 1.62. The lowest BCUT2D eigenvalue weighted by molar-refractivity contribution is -0.144. The molecule has 16 heavy (non-hydrogen) atoms. The number of hydrogen-bond donors (Lipinski definition) is 1. The van der Waals surface area contributed by atoms with Crippen molar-refractivity contribution in [3.05, 3.63) is 11.8 Å². The van der Waals surface area contributed by atoms with Crippen LogP contribution in [-0.2, 0) is 9.53 Å². The third-order valence-corrected chi connectivity index (χ3v) is 1.74. The number of methoxy groups -OCH3 is 1. The van der Waals surface area contributed by atoms with Crippen LogP contribution in [0.4, 0.5) is 0 Å². The average Bonchev–Trinajstić information content (AvgIpc) is 2.75. The van der Waals surface area contributed by atoms with Crippen LogP contribution >= 0.6 is 0 Å². The second kappa shape index (κ2) is 5.26. The highest BCUT2D eigenvalue weighted by molar-refractivity contribution is 5.86. The molecule has 7 nitrogen and oxygen atoms in total. The summed E-state index contributed by atoms with van der Waals surface area (Å²) < 4.78 is 13.5. The SMILES string of the molecule is CCC(O)C(=O)Oc1cc(C(=O)OC)on1. The number of nitrogens with zero attached hydrogens (tertiary/aromatic N) is 1.